The third kappa shape index (κ3) is 5.74. The van der Waals surface area contributed by atoms with E-state index in [0.717, 1.165) is 6.54 Å². The summed E-state index contributed by atoms with van der Waals surface area (Å²) < 4.78 is 4.48. The Bertz CT molecular complexity index is 263. The zero-order valence-electron chi connectivity index (χ0n) is 10.2. The topological polar surface area (TPSA) is 70.7 Å². The molecule has 1 heterocycles. The van der Waals surface area contributed by atoms with Crippen molar-refractivity contribution in [1.29, 1.82) is 0 Å². The van der Waals surface area contributed by atoms with E-state index in [4.69, 9.17) is 0 Å². The van der Waals surface area contributed by atoms with Gasteiger partial charge >= 0.3 is 12.0 Å². The van der Waals surface area contributed by atoms with Crippen molar-refractivity contribution in [2.24, 2.45) is 0 Å². The molecular formula is C10H20ClN3O3. The highest BCUT2D eigenvalue weighted by Gasteiger charge is 2.19. The molecule has 0 aromatic heterocycles. The number of carbonyl (C=O) groups excluding carboxylic acids is 2. The molecule has 0 aromatic rings. The first-order chi connectivity index (χ1) is 7.63. The van der Waals surface area contributed by atoms with Gasteiger partial charge in [-0.05, 0) is 6.92 Å². The molecule has 1 aliphatic rings. The highest BCUT2D eigenvalue weighted by molar-refractivity contribution is 5.85. The van der Waals surface area contributed by atoms with Crippen LogP contribution in [0.25, 0.3) is 0 Å². The fraction of sp³-hybridized carbons (Fsp3) is 0.800. The molecule has 2 amide bonds. The first-order valence-corrected chi connectivity index (χ1v) is 5.46. The summed E-state index contributed by atoms with van der Waals surface area (Å²) in [6.45, 7) is 4.57. The molecule has 7 heteroatoms. The number of halogens is 1. The van der Waals surface area contributed by atoms with Gasteiger partial charge in [0, 0.05) is 32.2 Å². The summed E-state index contributed by atoms with van der Waals surface area (Å²) in [5, 5.41) is 5.95. The molecule has 0 aliphatic carbocycles. The second kappa shape index (κ2) is 8.14. The number of nitrogens with one attached hydrogen (secondary N) is 2. The van der Waals surface area contributed by atoms with Crippen molar-refractivity contribution in [2.45, 2.75) is 19.4 Å². The monoisotopic (exact) mass is 265 g/mol. The van der Waals surface area contributed by atoms with E-state index in [-0.39, 0.29) is 30.8 Å². The van der Waals surface area contributed by atoms with E-state index >= 15 is 0 Å². The number of ether oxygens (including phenoxy) is 1. The van der Waals surface area contributed by atoms with Crippen molar-refractivity contribution in [3.63, 3.8) is 0 Å². The van der Waals surface area contributed by atoms with Crippen LogP contribution in [0.5, 0.6) is 0 Å². The Hall–Kier alpha value is -1.01. The lowest BCUT2D eigenvalue weighted by atomic mass is 10.2. The van der Waals surface area contributed by atoms with Crippen LogP contribution in [0, 0.1) is 0 Å². The molecule has 1 rings (SSSR count). The molecule has 0 bridgehead atoms. The van der Waals surface area contributed by atoms with Crippen LogP contribution in [-0.2, 0) is 9.53 Å². The predicted octanol–water partition coefficient (Wildman–Crippen LogP) is -0.0254. The van der Waals surface area contributed by atoms with Crippen LogP contribution in [0.1, 0.15) is 13.3 Å². The number of esters is 1. The molecule has 100 valence electrons. The maximum Gasteiger partial charge on any atom is 0.317 e. The van der Waals surface area contributed by atoms with E-state index in [1.807, 2.05) is 6.92 Å². The number of piperazine rings is 1. The maximum absolute atomic E-state index is 11.6. The highest BCUT2D eigenvalue weighted by atomic mass is 35.5. The van der Waals surface area contributed by atoms with Gasteiger partial charge in [-0.3, -0.25) is 4.79 Å². The van der Waals surface area contributed by atoms with E-state index in [2.05, 4.69) is 15.4 Å². The smallest absolute Gasteiger partial charge is 0.317 e. The third-order valence-corrected chi connectivity index (χ3v) is 2.49. The normalized spacial score (nSPS) is 19.2. The predicted molar refractivity (Wildman–Crippen MR) is 66.3 cm³/mol. The second-order valence-corrected chi connectivity index (χ2v) is 3.86. The lowest BCUT2D eigenvalue weighted by Gasteiger charge is -2.31. The number of hydrogen-bond acceptors (Lipinski definition) is 4. The SMILES string of the molecule is COC(=O)CCNC(=O)N1CCN[C@@H](C)C1.Cl. The molecule has 6 nitrogen and oxygen atoms in total. The summed E-state index contributed by atoms with van der Waals surface area (Å²) in [4.78, 5) is 24.2. The Morgan fingerprint density at radius 2 is 2.24 bits per heavy atom. The van der Waals surface area contributed by atoms with E-state index < -0.39 is 0 Å². The van der Waals surface area contributed by atoms with Crippen LogP contribution in [0.15, 0.2) is 0 Å². The van der Waals surface area contributed by atoms with Crippen LogP contribution in [0.3, 0.4) is 0 Å². The van der Waals surface area contributed by atoms with Gasteiger partial charge in [0.2, 0.25) is 0 Å². The molecule has 1 aliphatic heterocycles. The fourth-order valence-corrected chi connectivity index (χ4v) is 1.60. The Labute approximate surface area is 107 Å². The van der Waals surface area contributed by atoms with Gasteiger partial charge in [0.1, 0.15) is 0 Å². The molecule has 0 spiro atoms. The number of methoxy groups -OCH3 is 1. The average molecular weight is 266 g/mol. The first kappa shape index (κ1) is 16.0. The molecule has 1 saturated heterocycles. The minimum absolute atomic E-state index is 0. The number of rotatable bonds is 3. The van der Waals surface area contributed by atoms with Crippen LogP contribution < -0.4 is 10.6 Å². The fourth-order valence-electron chi connectivity index (χ4n) is 1.60. The lowest BCUT2D eigenvalue weighted by molar-refractivity contribution is -0.140. The van der Waals surface area contributed by atoms with Crippen molar-refractivity contribution in [3.8, 4) is 0 Å². The van der Waals surface area contributed by atoms with Crippen LogP contribution in [0.2, 0.25) is 0 Å². The summed E-state index contributed by atoms with van der Waals surface area (Å²) in [6.07, 6.45) is 0.212. The zero-order valence-corrected chi connectivity index (χ0v) is 11.0. The van der Waals surface area contributed by atoms with E-state index in [0.29, 0.717) is 25.7 Å². The van der Waals surface area contributed by atoms with Gasteiger partial charge in [-0.2, -0.15) is 0 Å². The van der Waals surface area contributed by atoms with Gasteiger partial charge in [0.05, 0.1) is 13.5 Å². The molecule has 0 saturated carbocycles. The van der Waals surface area contributed by atoms with Gasteiger partial charge in [-0.1, -0.05) is 0 Å². The van der Waals surface area contributed by atoms with Gasteiger partial charge in [-0.15, -0.1) is 12.4 Å². The average Bonchev–Trinajstić information content (AvgIpc) is 2.28. The zero-order chi connectivity index (χ0) is 12.0. The number of amides is 2. The van der Waals surface area contributed by atoms with Crippen molar-refractivity contribution in [1.82, 2.24) is 15.5 Å². The molecule has 1 fully saturated rings. The van der Waals surface area contributed by atoms with Crippen LogP contribution in [0.4, 0.5) is 4.79 Å². The molecule has 0 aromatic carbocycles. The summed E-state index contributed by atoms with van der Waals surface area (Å²) in [5.41, 5.74) is 0. The number of hydrogen-bond donors (Lipinski definition) is 2. The summed E-state index contributed by atoms with van der Waals surface area (Å²) in [7, 11) is 1.34. The number of carbonyl (C=O) groups is 2. The van der Waals surface area contributed by atoms with Crippen LogP contribution >= 0.6 is 12.4 Å². The molecular weight excluding hydrogens is 246 g/mol. The minimum atomic E-state index is -0.311. The summed E-state index contributed by atoms with van der Waals surface area (Å²) in [5.74, 6) is -0.311. The Morgan fingerprint density at radius 3 is 2.82 bits per heavy atom. The van der Waals surface area contributed by atoms with Crippen molar-refractivity contribution in [3.05, 3.63) is 0 Å². The molecule has 2 N–H and O–H groups in total. The minimum Gasteiger partial charge on any atom is -0.469 e. The third-order valence-electron chi connectivity index (χ3n) is 2.49. The number of nitrogens with zero attached hydrogens (tertiary/aromatic N) is 1. The van der Waals surface area contributed by atoms with Crippen molar-refractivity contribution in [2.75, 3.05) is 33.3 Å². The Balaban J connectivity index is 0.00000256. The van der Waals surface area contributed by atoms with E-state index in [1.54, 1.807) is 4.90 Å². The molecule has 0 radical (unpaired) electrons. The molecule has 17 heavy (non-hydrogen) atoms. The molecule has 1 atom stereocenters. The molecule has 0 unspecified atom stereocenters. The van der Waals surface area contributed by atoms with Gasteiger partial charge < -0.3 is 20.3 Å². The maximum atomic E-state index is 11.6. The van der Waals surface area contributed by atoms with Crippen LogP contribution in [-0.4, -0.2) is 56.2 Å². The van der Waals surface area contributed by atoms with Gasteiger partial charge in [-0.25, -0.2) is 4.79 Å². The Morgan fingerprint density at radius 1 is 1.53 bits per heavy atom. The van der Waals surface area contributed by atoms with Crippen molar-refractivity contribution >= 4 is 24.4 Å². The first-order valence-electron chi connectivity index (χ1n) is 5.46. The Kier molecular flexibility index (Phi) is 7.65. The standard InChI is InChI=1S/C10H19N3O3.ClH/c1-8-7-13(6-5-11-8)10(15)12-4-3-9(14)16-2;/h8,11H,3-7H2,1-2H3,(H,12,15);1H/t8-;/m0./s1. The van der Waals surface area contributed by atoms with Gasteiger partial charge in [0.25, 0.3) is 0 Å². The summed E-state index contributed by atoms with van der Waals surface area (Å²) in [6, 6.07) is 0.206. The second-order valence-electron chi connectivity index (χ2n) is 3.86. The van der Waals surface area contributed by atoms with Crippen molar-refractivity contribution < 1.29 is 14.3 Å². The van der Waals surface area contributed by atoms with Gasteiger partial charge in [0.15, 0.2) is 0 Å². The highest BCUT2D eigenvalue weighted by Crippen LogP contribution is 1.98. The number of urea groups is 1. The lowest BCUT2D eigenvalue weighted by Crippen LogP contribution is -2.54. The summed E-state index contributed by atoms with van der Waals surface area (Å²) >= 11 is 0. The quantitative estimate of drug-likeness (QED) is 0.704. The van der Waals surface area contributed by atoms with E-state index in [9.17, 15) is 9.59 Å². The van der Waals surface area contributed by atoms with E-state index in [1.165, 1.54) is 7.11 Å². The largest absolute Gasteiger partial charge is 0.469 e.